The quantitative estimate of drug-likeness (QED) is 0.554. The van der Waals surface area contributed by atoms with Crippen LogP contribution in [0.4, 0.5) is 0 Å². The highest BCUT2D eigenvalue weighted by Crippen LogP contribution is 2.54. The third-order valence-corrected chi connectivity index (χ3v) is 7.22. The van der Waals surface area contributed by atoms with Crippen molar-refractivity contribution >= 4 is 23.5 Å². The first kappa shape index (κ1) is 23.8. The zero-order chi connectivity index (χ0) is 23.0. The summed E-state index contributed by atoms with van der Waals surface area (Å²) in [4.78, 5) is 25.7. The minimum atomic E-state index is -0.884. The first-order valence-electron chi connectivity index (χ1n) is 11.3. The van der Waals surface area contributed by atoms with E-state index >= 15 is 0 Å². The van der Waals surface area contributed by atoms with Crippen molar-refractivity contribution in [3.05, 3.63) is 46.1 Å². The molecule has 0 bridgehead atoms. The third kappa shape index (κ3) is 5.52. The Balaban J connectivity index is 1.97. The lowest BCUT2D eigenvalue weighted by molar-refractivity contribution is -0.138. The SMILES string of the molecule is CC(C)(C)CCc1ccc(C23CC(=O)N(CCC(=O)O)C=C2CCC(C)(C)C3)cc1Cl. The van der Waals surface area contributed by atoms with Crippen LogP contribution in [0.15, 0.2) is 30.0 Å². The summed E-state index contributed by atoms with van der Waals surface area (Å²) in [7, 11) is 0. The van der Waals surface area contributed by atoms with E-state index in [2.05, 4.69) is 52.8 Å². The normalized spacial score (nSPS) is 23.4. The highest BCUT2D eigenvalue weighted by molar-refractivity contribution is 6.31. The van der Waals surface area contributed by atoms with Crippen LogP contribution in [0.5, 0.6) is 0 Å². The summed E-state index contributed by atoms with van der Waals surface area (Å²) in [5, 5.41) is 9.81. The van der Waals surface area contributed by atoms with Crippen LogP contribution in [0.2, 0.25) is 5.02 Å². The Bertz CT molecular complexity index is 896. The lowest BCUT2D eigenvalue weighted by Gasteiger charge is -2.50. The van der Waals surface area contributed by atoms with Crippen molar-refractivity contribution in [3.8, 4) is 0 Å². The zero-order valence-electron chi connectivity index (χ0n) is 19.6. The Kier molecular flexibility index (Phi) is 6.63. The van der Waals surface area contributed by atoms with E-state index < -0.39 is 5.97 Å². The van der Waals surface area contributed by atoms with Gasteiger partial charge in [-0.05, 0) is 65.7 Å². The number of aliphatic carboxylic acids is 1. The van der Waals surface area contributed by atoms with Crippen LogP contribution in [0.1, 0.15) is 84.3 Å². The molecule has 1 amide bonds. The molecule has 3 rings (SSSR count). The number of rotatable bonds is 6. The number of amides is 1. The van der Waals surface area contributed by atoms with Gasteiger partial charge in [-0.1, -0.05) is 58.4 Å². The van der Waals surface area contributed by atoms with Gasteiger partial charge >= 0.3 is 5.97 Å². The van der Waals surface area contributed by atoms with Gasteiger partial charge in [0.1, 0.15) is 0 Å². The summed E-state index contributed by atoms with van der Waals surface area (Å²) in [6, 6.07) is 6.38. The molecule has 0 saturated heterocycles. The smallest absolute Gasteiger partial charge is 0.305 e. The molecular weight excluding hydrogens is 410 g/mol. The Labute approximate surface area is 191 Å². The number of carboxylic acid groups (broad SMARTS) is 1. The molecule has 5 heteroatoms. The Morgan fingerprint density at radius 3 is 2.58 bits per heavy atom. The molecule has 4 nitrogen and oxygen atoms in total. The number of nitrogens with zero attached hydrogens (tertiary/aromatic N) is 1. The second-order valence-corrected chi connectivity index (χ2v) is 11.8. The van der Waals surface area contributed by atoms with Crippen molar-refractivity contribution in [1.82, 2.24) is 4.90 Å². The number of aryl methyl sites for hydroxylation is 1. The average molecular weight is 446 g/mol. The van der Waals surface area contributed by atoms with E-state index in [4.69, 9.17) is 16.7 Å². The number of hydrogen-bond acceptors (Lipinski definition) is 2. The molecule has 1 saturated carbocycles. The number of allylic oxidation sites excluding steroid dienone is 1. The number of benzene rings is 1. The number of carbonyl (C=O) groups excluding carboxylic acids is 1. The van der Waals surface area contributed by atoms with Crippen molar-refractivity contribution in [3.63, 3.8) is 0 Å². The van der Waals surface area contributed by atoms with E-state index in [0.717, 1.165) is 48.3 Å². The molecular formula is C26H36ClNO3. The number of fused-ring (bicyclic) bond motifs is 1. The van der Waals surface area contributed by atoms with Gasteiger partial charge in [-0.2, -0.15) is 0 Å². The standard InChI is InChI=1S/C26H36ClNO3/c1-24(2,3)11-8-18-6-7-19(14-21(18)27)26-15-22(29)28(13-10-23(30)31)16-20(26)9-12-25(4,5)17-26/h6-7,14,16H,8-13,15,17H2,1-5H3,(H,30,31). The lowest BCUT2D eigenvalue weighted by atomic mass is 9.56. The minimum Gasteiger partial charge on any atom is -0.481 e. The van der Waals surface area contributed by atoms with Gasteiger partial charge in [-0.25, -0.2) is 0 Å². The minimum absolute atomic E-state index is 0.00404. The maximum atomic E-state index is 13.1. The number of carboxylic acids is 1. The van der Waals surface area contributed by atoms with Crippen LogP contribution >= 0.6 is 11.6 Å². The van der Waals surface area contributed by atoms with E-state index in [9.17, 15) is 9.59 Å². The van der Waals surface area contributed by atoms with Gasteiger partial charge in [-0.15, -0.1) is 0 Å². The van der Waals surface area contributed by atoms with E-state index in [-0.39, 0.29) is 35.1 Å². The molecule has 1 aliphatic heterocycles. The van der Waals surface area contributed by atoms with Crippen molar-refractivity contribution in [2.75, 3.05) is 6.54 Å². The molecule has 1 unspecified atom stereocenters. The molecule has 1 aromatic rings. The number of halogens is 1. The highest BCUT2D eigenvalue weighted by atomic mass is 35.5. The first-order valence-corrected chi connectivity index (χ1v) is 11.7. The molecule has 31 heavy (non-hydrogen) atoms. The van der Waals surface area contributed by atoms with Crippen molar-refractivity contribution in [1.29, 1.82) is 0 Å². The fraction of sp³-hybridized carbons (Fsp3) is 0.615. The molecule has 1 heterocycles. The third-order valence-electron chi connectivity index (χ3n) is 6.87. The molecule has 1 N–H and O–H groups in total. The van der Waals surface area contributed by atoms with Gasteiger partial charge in [0.25, 0.3) is 0 Å². The van der Waals surface area contributed by atoms with Crippen LogP contribution < -0.4 is 0 Å². The molecule has 0 spiro atoms. The fourth-order valence-corrected chi connectivity index (χ4v) is 5.34. The molecule has 2 aliphatic rings. The fourth-order valence-electron chi connectivity index (χ4n) is 5.07. The van der Waals surface area contributed by atoms with Crippen molar-refractivity contribution in [2.24, 2.45) is 10.8 Å². The van der Waals surface area contributed by atoms with Crippen molar-refractivity contribution < 1.29 is 14.7 Å². The highest BCUT2D eigenvalue weighted by Gasteiger charge is 2.48. The summed E-state index contributed by atoms with van der Waals surface area (Å²) in [6.45, 7) is 11.5. The summed E-state index contributed by atoms with van der Waals surface area (Å²) in [5.41, 5.74) is 3.52. The van der Waals surface area contributed by atoms with Gasteiger partial charge in [0.15, 0.2) is 0 Å². The molecule has 0 aromatic heterocycles. The second-order valence-electron chi connectivity index (χ2n) is 11.4. The largest absolute Gasteiger partial charge is 0.481 e. The van der Waals surface area contributed by atoms with Gasteiger partial charge in [0, 0.05) is 29.6 Å². The number of hydrogen-bond donors (Lipinski definition) is 1. The molecule has 1 atom stereocenters. The summed E-state index contributed by atoms with van der Waals surface area (Å²) in [6.07, 6.45) is 7.12. The van der Waals surface area contributed by atoms with Gasteiger partial charge in [-0.3, -0.25) is 9.59 Å². The Hall–Kier alpha value is -1.81. The van der Waals surface area contributed by atoms with Gasteiger partial charge in [0.05, 0.1) is 6.42 Å². The average Bonchev–Trinajstić information content (AvgIpc) is 2.63. The topological polar surface area (TPSA) is 57.6 Å². The molecule has 0 radical (unpaired) electrons. The second kappa shape index (κ2) is 8.61. The Morgan fingerprint density at radius 2 is 1.97 bits per heavy atom. The zero-order valence-corrected chi connectivity index (χ0v) is 20.3. The van der Waals surface area contributed by atoms with Crippen LogP contribution in [0, 0.1) is 10.8 Å². The van der Waals surface area contributed by atoms with E-state index in [1.54, 1.807) is 4.90 Å². The molecule has 170 valence electrons. The summed E-state index contributed by atoms with van der Waals surface area (Å²) >= 11 is 6.75. The molecule has 1 fully saturated rings. The predicted octanol–water partition coefficient (Wildman–Crippen LogP) is 6.36. The van der Waals surface area contributed by atoms with Crippen LogP contribution in [-0.2, 0) is 21.4 Å². The Morgan fingerprint density at radius 1 is 1.26 bits per heavy atom. The van der Waals surface area contributed by atoms with Crippen LogP contribution in [0.25, 0.3) is 0 Å². The lowest BCUT2D eigenvalue weighted by Crippen LogP contribution is -2.47. The van der Waals surface area contributed by atoms with E-state index in [0.29, 0.717) is 6.42 Å². The van der Waals surface area contributed by atoms with E-state index in [1.165, 1.54) is 5.57 Å². The van der Waals surface area contributed by atoms with Gasteiger partial charge in [0.2, 0.25) is 5.91 Å². The van der Waals surface area contributed by atoms with E-state index in [1.807, 2.05) is 6.20 Å². The monoisotopic (exact) mass is 445 g/mol. The predicted molar refractivity (Wildman–Crippen MR) is 125 cm³/mol. The maximum absolute atomic E-state index is 13.1. The molecule has 1 aromatic carbocycles. The maximum Gasteiger partial charge on any atom is 0.305 e. The molecule has 1 aliphatic carbocycles. The summed E-state index contributed by atoms with van der Waals surface area (Å²) in [5.74, 6) is -0.888. The number of carbonyl (C=O) groups is 2. The van der Waals surface area contributed by atoms with Crippen LogP contribution in [-0.4, -0.2) is 28.4 Å². The first-order chi connectivity index (χ1) is 14.3. The van der Waals surface area contributed by atoms with Crippen molar-refractivity contribution in [2.45, 2.75) is 85.0 Å². The summed E-state index contributed by atoms with van der Waals surface area (Å²) < 4.78 is 0. The van der Waals surface area contributed by atoms with Gasteiger partial charge < -0.3 is 10.0 Å². The van der Waals surface area contributed by atoms with Crippen LogP contribution in [0.3, 0.4) is 0 Å².